The fourth-order valence-electron chi connectivity index (χ4n) is 0.462. The van der Waals surface area contributed by atoms with Crippen LogP contribution < -0.4 is 5.32 Å². The number of rotatable bonds is 4. The van der Waals surface area contributed by atoms with E-state index in [9.17, 15) is 9.59 Å². The van der Waals surface area contributed by atoms with Gasteiger partial charge in [-0.05, 0) is 0 Å². The summed E-state index contributed by atoms with van der Waals surface area (Å²) in [6.07, 6.45) is 0.953. The Morgan fingerprint density at radius 3 is 2.60 bits per heavy atom. The second kappa shape index (κ2) is 4.78. The Morgan fingerprint density at radius 2 is 2.20 bits per heavy atom. The molecule has 0 aliphatic rings. The van der Waals surface area contributed by atoms with Crippen LogP contribution in [0.15, 0.2) is 0 Å². The van der Waals surface area contributed by atoms with Crippen LogP contribution in [0.4, 0.5) is 0 Å². The van der Waals surface area contributed by atoms with Crippen molar-refractivity contribution in [1.82, 2.24) is 10.2 Å². The Kier molecular flexibility index (Phi) is 4.28. The highest BCUT2D eigenvalue weighted by atomic mass is 16.2. The van der Waals surface area contributed by atoms with Crippen molar-refractivity contribution in [2.75, 3.05) is 20.6 Å². The van der Waals surface area contributed by atoms with Crippen molar-refractivity contribution in [3.05, 3.63) is 0 Å². The predicted octanol–water partition coefficient (Wildman–Crippen LogP) is -0.789. The molecule has 0 aliphatic heterocycles. The van der Waals surface area contributed by atoms with Crippen LogP contribution in [0.2, 0.25) is 0 Å². The lowest BCUT2D eigenvalue weighted by Crippen LogP contribution is -2.26. The molecule has 1 N–H and O–H groups in total. The van der Waals surface area contributed by atoms with Gasteiger partial charge in [0.25, 0.3) is 0 Å². The number of hydrogen-bond acceptors (Lipinski definition) is 2. The zero-order valence-electron chi connectivity index (χ0n) is 6.26. The molecule has 0 fully saturated rings. The monoisotopic (exact) mass is 144 g/mol. The van der Waals surface area contributed by atoms with Gasteiger partial charge < -0.3 is 10.2 Å². The summed E-state index contributed by atoms with van der Waals surface area (Å²) < 4.78 is 0. The van der Waals surface area contributed by atoms with E-state index in [2.05, 4.69) is 5.32 Å². The van der Waals surface area contributed by atoms with Crippen LogP contribution in [-0.4, -0.2) is 37.9 Å². The Hall–Kier alpha value is -1.06. The summed E-state index contributed by atoms with van der Waals surface area (Å²) in [5, 5.41) is 2.41. The standard InChI is InChI=1S/C6H12N2O2/c1-8(2)6(10)3-4-7-5-9/h5H,3-4H2,1-2H3,(H,7,9). The fourth-order valence-corrected chi connectivity index (χ4v) is 0.462. The number of carbonyl (C=O) groups is 2. The number of amides is 2. The van der Waals surface area contributed by atoms with Crippen molar-refractivity contribution >= 4 is 12.3 Å². The SMILES string of the molecule is CN(C)C(=O)CCNC=O. The van der Waals surface area contributed by atoms with Crippen LogP contribution in [0, 0.1) is 0 Å². The molecular weight excluding hydrogens is 132 g/mol. The topological polar surface area (TPSA) is 49.4 Å². The van der Waals surface area contributed by atoms with E-state index in [1.54, 1.807) is 14.1 Å². The van der Waals surface area contributed by atoms with Gasteiger partial charge in [-0.15, -0.1) is 0 Å². The molecule has 0 rings (SSSR count). The minimum absolute atomic E-state index is 0.0225. The normalized spacial score (nSPS) is 8.60. The smallest absolute Gasteiger partial charge is 0.223 e. The first-order valence-electron chi connectivity index (χ1n) is 3.05. The van der Waals surface area contributed by atoms with Crippen molar-refractivity contribution < 1.29 is 9.59 Å². The molecule has 58 valence electrons. The molecule has 0 radical (unpaired) electrons. The van der Waals surface area contributed by atoms with Crippen LogP contribution in [0.5, 0.6) is 0 Å². The zero-order chi connectivity index (χ0) is 7.98. The number of nitrogens with one attached hydrogen (secondary N) is 1. The first kappa shape index (κ1) is 8.94. The highest BCUT2D eigenvalue weighted by Crippen LogP contribution is 1.83. The van der Waals surface area contributed by atoms with Gasteiger partial charge >= 0.3 is 0 Å². The van der Waals surface area contributed by atoms with Crippen molar-refractivity contribution in [2.45, 2.75) is 6.42 Å². The lowest BCUT2D eigenvalue weighted by Gasteiger charge is -2.08. The molecule has 0 bridgehead atoms. The molecule has 10 heavy (non-hydrogen) atoms. The molecule has 4 heteroatoms. The van der Waals surface area contributed by atoms with E-state index in [1.165, 1.54) is 4.90 Å². The van der Waals surface area contributed by atoms with E-state index < -0.39 is 0 Å². The highest BCUT2D eigenvalue weighted by Gasteiger charge is 2.00. The van der Waals surface area contributed by atoms with Crippen molar-refractivity contribution in [2.24, 2.45) is 0 Å². The molecule has 0 aromatic heterocycles. The average molecular weight is 144 g/mol. The molecule has 2 amide bonds. The Balaban J connectivity index is 3.30. The average Bonchev–Trinajstić information content (AvgIpc) is 1.88. The maximum absolute atomic E-state index is 10.8. The van der Waals surface area contributed by atoms with Gasteiger partial charge in [0.15, 0.2) is 0 Å². The lowest BCUT2D eigenvalue weighted by molar-refractivity contribution is -0.128. The van der Waals surface area contributed by atoms with E-state index in [-0.39, 0.29) is 5.91 Å². The summed E-state index contributed by atoms with van der Waals surface area (Å²) in [5.74, 6) is 0.0225. The van der Waals surface area contributed by atoms with Gasteiger partial charge in [0.2, 0.25) is 12.3 Å². The molecule has 0 spiro atoms. The number of hydrogen-bond donors (Lipinski definition) is 1. The Bertz CT molecular complexity index is 123. The van der Waals surface area contributed by atoms with Crippen molar-refractivity contribution in [3.63, 3.8) is 0 Å². The molecule has 0 saturated carbocycles. The van der Waals surface area contributed by atoms with E-state index in [4.69, 9.17) is 0 Å². The van der Waals surface area contributed by atoms with Gasteiger partial charge in [-0.1, -0.05) is 0 Å². The molecule has 0 heterocycles. The van der Waals surface area contributed by atoms with Crippen molar-refractivity contribution in [3.8, 4) is 0 Å². The largest absolute Gasteiger partial charge is 0.358 e. The fraction of sp³-hybridized carbons (Fsp3) is 0.667. The van der Waals surface area contributed by atoms with E-state index in [0.29, 0.717) is 19.4 Å². The minimum atomic E-state index is 0.0225. The van der Waals surface area contributed by atoms with Crippen LogP contribution in [-0.2, 0) is 9.59 Å². The summed E-state index contributed by atoms with van der Waals surface area (Å²) >= 11 is 0. The summed E-state index contributed by atoms with van der Waals surface area (Å²) in [7, 11) is 3.37. The van der Waals surface area contributed by atoms with Gasteiger partial charge in [0.05, 0.1) is 0 Å². The summed E-state index contributed by atoms with van der Waals surface area (Å²) in [6, 6.07) is 0. The summed E-state index contributed by atoms with van der Waals surface area (Å²) in [5.41, 5.74) is 0. The Labute approximate surface area is 60.2 Å². The van der Waals surface area contributed by atoms with E-state index >= 15 is 0 Å². The van der Waals surface area contributed by atoms with E-state index in [1.807, 2.05) is 0 Å². The summed E-state index contributed by atoms with van der Waals surface area (Å²) in [4.78, 5) is 22.0. The van der Waals surface area contributed by atoms with Gasteiger partial charge in [-0.3, -0.25) is 9.59 Å². The van der Waals surface area contributed by atoms with Crippen LogP contribution in [0.1, 0.15) is 6.42 Å². The maximum atomic E-state index is 10.8. The van der Waals surface area contributed by atoms with Crippen molar-refractivity contribution in [1.29, 1.82) is 0 Å². The second-order valence-electron chi connectivity index (χ2n) is 2.11. The molecular formula is C6H12N2O2. The van der Waals surface area contributed by atoms with Gasteiger partial charge in [0, 0.05) is 27.1 Å². The van der Waals surface area contributed by atoms with E-state index in [0.717, 1.165) is 0 Å². The number of nitrogens with zero attached hydrogens (tertiary/aromatic N) is 1. The highest BCUT2D eigenvalue weighted by molar-refractivity contribution is 5.75. The molecule has 0 aromatic carbocycles. The Morgan fingerprint density at radius 1 is 1.60 bits per heavy atom. The number of carbonyl (C=O) groups excluding carboxylic acids is 2. The molecule has 4 nitrogen and oxygen atoms in total. The third-order valence-corrected chi connectivity index (χ3v) is 1.07. The molecule has 0 atom stereocenters. The lowest BCUT2D eigenvalue weighted by atomic mass is 10.4. The second-order valence-corrected chi connectivity index (χ2v) is 2.11. The molecule has 0 saturated heterocycles. The maximum Gasteiger partial charge on any atom is 0.223 e. The first-order valence-corrected chi connectivity index (χ1v) is 3.05. The molecule has 0 aliphatic carbocycles. The van der Waals surface area contributed by atoms with Crippen LogP contribution in [0.3, 0.4) is 0 Å². The molecule has 0 aromatic rings. The van der Waals surface area contributed by atoms with Crippen LogP contribution >= 0.6 is 0 Å². The predicted molar refractivity (Wildman–Crippen MR) is 37.4 cm³/mol. The van der Waals surface area contributed by atoms with Gasteiger partial charge in [-0.2, -0.15) is 0 Å². The summed E-state index contributed by atoms with van der Waals surface area (Å²) in [6.45, 7) is 0.417. The first-order chi connectivity index (χ1) is 4.68. The minimum Gasteiger partial charge on any atom is -0.358 e. The van der Waals surface area contributed by atoms with Gasteiger partial charge in [-0.25, -0.2) is 0 Å². The third-order valence-electron chi connectivity index (χ3n) is 1.07. The zero-order valence-corrected chi connectivity index (χ0v) is 6.26. The quantitative estimate of drug-likeness (QED) is 0.415. The van der Waals surface area contributed by atoms with Crippen LogP contribution in [0.25, 0.3) is 0 Å². The molecule has 0 unspecified atom stereocenters. The van der Waals surface area contributed by atoms with Gasteiger partial charge in [0.1, 0.15) is 0 Å². The third kappa shape index (κ3) is 3.88.